The van der Waals surface area contributed by atoms with Crippen molar-refractivity contribution in [3.05, 3.63) is 57.5 Å². The second-order valence-electron chi connectivity index (χ2n) is 5.48. The molecule has 108 valence electrons. The summed E-state index contributed by atoms with van der Waals surface area (Å²) in [5.41, 5.74) is 4.33. The van der Waals surface area contributed by atoms with E-state index >= 15 is 0 Å². The zero-order valence-electron chi connectivity index (χ0n) is 13.1. The van der Waals surface area contributed by atoms with Crippen LogP contribution in [0.3, 0.4) is 0 Å². The molecule has 1 aromatic heterocycles. The third-order valence-electron chi connectivity index (χ3n) is 4.06. The first kappa shape index (κ1) is 15.1. The number of hydrogen-bond donors (Lipinski definition) is 0. The average Bonchev–Trinajstić information content (AvgIpc) is 2.68. The van der Waals surface area contributed by atoms with Crippen LogP contribution in [0.4, 0.5) is 0 Å². The number of Topliss-reactive ketones (excluding diaryl/α,β-unsaturated/α-hetero) is 1. The quantitative estimate of drug-likeness (QED) is 0.788. The molecule has 21 heavy (non-hydrogen) atoms. The van der Waals surface area contributed by atoms with Crippen LogP contribution >= 0.6 is 0 Å². The fourth-order valence-electron chi connectivity index (χ4n) is 2.53. The minimum Gasteiger partial charge on any atom is -0.466 e. The molecule has 2 aromatic rings. The van der Waals surface area contributed by atoms with Crippen LogP contribution < -0.4 is 0 Å². The molecule has 1 unspecified atom stereocenters. The molecular formula is C18H19NO2. The van der Waals surface area contributed by atoms with Crippen molar-refractivity contribution >= 4 is 5.78 Å². The van der Waals surface area contributed by atoms with Gasteiger partial charge in [-0.15, -0.1) is 0 Å². The SMILES string of the molecule is Cc1ccc(C(C#N)C(=O)c2c(C)oc(C)c2C)cc1C. The summed E-state index contributed by atoms with van der Waals surface area (Å²) >= 11 is 0. The number of benzene rings is 1. The van der Waals surface area contributed by atoms with Crippen LogP contribution in [0, 0.1) is 45.9 Å². The van der Waals surface area contributed by atoms with Gasteiger partial charge in [0.15, 0.2) is 5.78 Å². The first-order chi connectivity index (χ1) is 9.86. The summed E-state index contributed by atoms with van der Waals surface area (Å²) < 4.78 is 5.51. The van der Waals surface area contributed by atoms with Crippen molar-refractivity contribution in [2.75, 3.05) is 0 Å². The van der Waals surface area contributed by atoms with Gasteiger partial charge in [-0.1, -0.05) is 18.2 Å². The van der Waals surface area contributed by atoms with E-state index in [0.29, 0.717) is 11.3 Å². The lowest BCUT2D eigenvalue weighted by Gasteiger charge is -2.11. The van der Waals surface area contributed by atoms with Crippen LogP contribution in [0.2, 0.25) is 0 Å². The maximum atomic E-state index is 12.7. The fourth-order valence-corrected chi connectivity index (χ4v) is 2.53. The van der Waals surface area contributed by atoms with E-state index in [9.17, 15) is 10.1 Å². The molecule has 1 aromatic carbocycles. The Hall–Kier alpha value is -2.34. The molecule has 0 spiro atoms. The predicted molar refractivity (Wildman–Crippen MR) is 81.5 cm³/mol. The number of aryl methyl sites for hydroxylation is 4. The van der Waals surface area contributed by atoms with Crippen molar-refractivity contribution < 1.29 is 9.21 Å². The molecule has 0 saturated carbocycles. The Balaban J connectivity index is 2.49. The monoisotopic (exact) mass is 281 g/mol. The van der Waals surface area contributed by atoms with Gasteiger partial charge in [-0.3, -0.25) is 4.79 Å². The normalized spacial score (nSPS) is 12.0. The van der Waals surface area contributed by atoms with Crippen molar-refractivity contribution in [1.29, 1.82) is 5.26 Å². The first-order valence-corrected chi connectivity index (χ1v) is 6.94. The number of carbonyl (C=O) groups is 1. The van der Waals surface area contributed by atoms with Gasteiger partial charge in [0.25, 0.3) is 0 Å². The molecule has 0 bridgehead atoms. The van der Waals surface area contributed by atoms with Crippen molar-refractivity contribution in [1.82, 2.24) is 0 Å². The Morgan fingerprint density at radius 2 is 1.76 bits per heavy atom. The summed E-state index contributed by atoms with van der Waals surface area (Å²) in [5.74, 6) is 0.331. The van der Waals surface area contributed by atoms with Crippen molar-refractivity contribution in [2.24, 2.45) is 0 Å². The molecule has 0 amide bonds. The van der Waals surface area contributed by atoms with Gasteiger partial charge in [0.2, 0.25) is 0 Å². The Morgan fingerprint density at radius 3 is 2.24 bits per heavy atom. The minimum atomic E-state index is -0.793. The Labute approximate surface area is 125 Å². The largest absolute Gasteiger partial charge is 0.466 e. The van der Waals surface area contributed by atoms with E-state index in [4.69, 9.17) is 4.42 Å². The van der Waals surface area contributed by atoms with Crippen LogP contribution in [0.5, 0.6) is 0 Å². The molecule has 3 nitrogen and oxygen atoms in total. The van der Waals surface area contributed by atoms with Gasteiger partial charge in [-0.2, -0.15) is 5.26 Å². The smallest absolute Gasteiger partial charge is 0.188 e. The van der Waals surface area contributed by atoms with Gasteiger partial charge >= 0.3 is 0 Å². The number of carbonyl (C=O) groups excluding carboxylic acids is 1. The lowest BCUT2D eigenvalue weighted by Crippen LogP contribution is -2.13. The topological polar surface area (TPSA) is 54.0 Å². The second-order valence-corrected chi connectivity index (χ2v) is 5.48. The van der Waals surface area contributed by atoms with E-state index in [1.54, 1.807) is 6.92 Å². The number of ketones is 1. The van der Waals surface area contributed by atoms with Gasteiger partial charge < -0.3 is 4.42 Å². The molecule has 0 N–H and O–H groups in total. The van der Waals surface area contributed by atoms with Gasteiger partial charge in [-0.25, -0.2) is 0 Å². The van der Waals surface area contributed by atoms with Crippen LogP contribution in [-0.2, 0) is 0 Å². The van der Waals surface area contributed by atoms with Gasteiger partial charge in [0.05, 0.1) is 11.6 Å². The van der Waals surface area contributed by atoms with E-state index < -0.39 is 5.92 Å². The van der Waals surface area contributed by atoms with Gasteiger partial charge in [-0.05, 0) is 51.3 Å². The molecule has 0 fully saturated rings. The third-order valence-corrected chi connectivity index (χ3v) is 4.06. The summed E-state index contributed by atoms with van der Waals surface area (Å²) in [6.45, 7) is 9.44. The molecule has 0 aliphatic carbocycles. The van der Waals surface area contributed by atoms with Crippen molar-refractivity contribution in [3.63, 3.8) is 0 Å². The van der Waals surface area contributed by atoms with Crippen LogP contribution in [0.1, 0.15) is 50.1 Å². The highest BCUT2D eigenvalue weighted by molar-refractivity contribution is 6.04. The predicted octanol–water partition coefficient (Wildman–Crippen LogP) is 4.31. The number of nitrogens with zero attached hydrogens (tertiary/aromatic N) is 1. The highest BCUT2D eigenvalue weighted by Gasteiger charge is 2.27. The van der Waals surface area contributed by atoms with Crippen molar-refractivity contribution in [3.8, 4) is 6.07 Å². The fraction of sp³-hybridized carbons (Fsp3) is 0.333. The van der Waals surface area contributed by atoms with E-state index in [2.05, 4.69) is 6.07 Å². The summed E-state index contributed by atoms with van der Waals surface area (Å²) in [7, 11) is 0. The standard InChI is InChI=1S/C18H19NO2/c1-10-6-7-15(8-11(10)2)16(9-19)18(20)17-12(3)13(4)21-14(17)5/h6-8,16H,1-5H3. The first-order valence-electron chi connectivity index (χ1n) is 6.94. The molecule has 0 aliphatic rings. The zero-order valence-corrected chi connectivity index (χ0v) is 13.1. The highest BCUT2D eigenvalue weighted by atomic mass is 16.3. The van der Waals surface area contributed by atoms with E-state index in [1.165, 1.54) is 0 Å². The number of hydrogen-bond acceptors (Lipinski definition) is 3. The Bertz CT molecular complexity index is 747. The maximum absolute atomic E-state index is 12.7. The molecule has 2 rings (SSSR count). The van der Waals surface area contributed by atoms with E-state index in [1.807, 2.05) is 45.9 Å². The third kappa shape index (κ3) is 2.62. The lowest BCUT2D eigenvalue weighted by molar-refractivity contribution is 0.0977. The summed E-state index contributed by atoms with van der Waals surface area (Å²) in [4.78, 5) is 12.7. The lowest BCUT2D eigenvalue weighted by atomic mass is 9.88. The number of furan rings is 1. The maximum Gasteiger partial charge on any atom is 0.188 e. The molecule has 3 heteroatoms. The van der Waals surface area contributed by atoms with E-state index in [0.717, 1.165) is 28.0 Å². The van der Waals surface area contributed by atoms with Crippen LogP contribution in [0.25, 0.3) is 0 Å². The Morgan fingerprint density at radius 1 is 1.10 bits per heavy atom. The summed E-state index contributed by atoms with van der Waals surface area (Å²) in [6.07, 6.45) is 0. The molecule has 0 aliphatic heterocycles. The minimum absolute atomic E-state index is 0.187. The summed E-state index contributed by atoms with van der Waals surface area (Å²) in [5, 5.41) is 9.46. The molecule has 0 saturated heterocycles. The average molecular weight is 281 g/mol. The molecule has 1 heterocycles. The van der Waals surface area contributed by atoms with E-state index in [-0.39, 0.29) is 5.78 Å². The van der Waals surface area contributed by atoms with Gasteiger partial charge in [0, 0.05) is 5.56 Å². The Kier molecular flexibility index (Phi) is 3.99. The highest BCUT2D eigenvalue weighted by Crippen LogP contribution is 2.28. The zero-order chi connectivity index (χ0) is 15.7. The van der Waals surface area contributed by atoms with Crippen LogP contribution in [0.15, 0.2) is 22.6 Å². The van der Waals surface area contributed by atoms with Crippen LogP contribution in [-0.4, -0.2) is 5.78 Å². The molecular weight excluding hydrogens is 262 g/mol. The number of rotatable bonds is 3. The summed E-state index contributed by atoms with van der Waals surface area (Å²) in [6, 6.07) is 7.85. The second kappa shape index (κ2) is 5.57. The molecule has 1 atom stereocenters. The van der Waals surface area contributed by atoms with Gasteiger partial charge in [0.1, 0.15) is 17.4 Å². The van der Waals surface area contributed by atoms with Crippen molar-refractivity contribution in [2.45, 2.75) is 40.5 Å². The molecule has 0 radical (unpaired) electrons. The number of nitriles is 1.